The minimum absolute atomic E-state index is 0.0503. The maximum atomic E-state index is 12.0. The van der Waals surface area contributed by atoms with E-state index in [4.69, 9.17) is 9.15 Å². The second kappa shape index (κ2) is 3.45. The molecule has 4 heteroatoms. The fourth-order valence-corrected chi connectivity index (χ4v) is 2.25. The van der Waals surface area contributed by atoms with Crippen LogP contribution in [0.25, 0.3) is 11.0 Å². The van der Waals surface area contributed by atoms with E-state index in [1.165, 1.54) is 6.07 Å². The topological polar surface area (TPSA) is 56.5 Å². The third-order valence-electron chi connectivity index (χ3n) is 3.02. The monoisotopic (exact) mass is 244 g/mol. The minimum Gasteiger partial charge on any atom is -0.486 e. The van der Waals surface area contributed by atoms with Crippen LogP contribution in [0, 0.1) is 0 Å². The van der Waals surface area contributed by atoms with Crippen molar-refractivity contribution in [1.82, 2.24) is 0 Å². The van der Waals surface area contributed by atoms with Crippen LogP contribution in [0.3, 0.4) is 0 Å². The average Bonchev–Trinajstić information content (AvgIpc) is 2.26. The third-order valence-corrected chi connectivity index (χ3v) is 3.02. The molecule has 1 aliphatic rings. The standard InChI is InChI=1S/C14H12O4/c1-14(2)7-10(15)8-3-5-11-9(13(8)18-14)4-6-12(16)17-11/h3-6H,7H2,1-2H3. The first kappa shape index (κ1) is 11.0. The predicted molar refractivity (Wildman–Crippen MR) is 66.1 cm³/mol. The Morgan fingerprint density at radius 1 is 1.11 bits per heavy atom. The molecule has 0 N–H and O–H groups in total. The number of carbonyl (C=O) groups excluding carboxylic acids is 1. The maximum absolute atomic E-state index is 12.0. The van der Waals surface area contributed by atoms with E-state index < -0.39 is 11.2 Å². The molecule has 0 bridgehead atoms. The molecule has 18 heavy (non-hydrogen) atoms. The van der Waals surface area contributed by atoms with Gasteiger partial charge < -0.3 is 9.15 Å². The van der Waals surface area contributed by atoms with E-state index in [1.54, 1.807) is 18.2 Å². The second-order valence-electron chi connectivity index (χ2n) is 5.07. The molecule has 92 valence electrons. The van der Waals surface area contributed by atoms with E-state index in [0.717, 1.165) is 0 Å². The second-order valence-corrected chi connectivity index (χ2v) is 5.07. The fraction of sp³-hybridized carbons (Fsp3) is 0.286. The SMILES string of the molecule is CC1(C)CC(=O)c2ccc3oc(=O)ccc3c2O1. The highest BCUT2D eigenvalue weighted by molar-refractivity contribution is 6.05. The summed E-state index contributed by atoms with van der Waals surface area (Å²) >= 11 is 0. The van der Waals surface area contributed by atoms with Crippen molar-refractivity contribution in [3.63, 3.8) is 0 Å². The number of rotatable bonds is 0. The van der Waals surface area contributed by atoms with Gasteiger partial charge >= 0.3 is 5.63 Å². The van der Waals surface area contributed by atoms with Gasteiger partial charge in [-0.15, -0.1) is 0 Å². The van der Waals surface area contributed by atoms with Gasteiger partial charge in [0.15, 0.2) is 5.78 Å². The molecule has 1 aromatic heterocycles. The van der Waals surface area contributed by atoms with Crippen LogP contribution in [0.15, 0.2) is 33.5 Å². The van der Waals surface area contributed by atoms with Gasteiger partial charge in [0, 0.05) is 6.07 Å². The van der Waals surface area contributed by atoms with Crippen molar-refractivity contribution in [2.24, 2.45) is 0 Å². The van der Waals surface area contributed by atoms with Crippen molar-refractivity contribution in [1.29, 1.82) is 0 Å². The molecule has 0 spiro atoms. The number of hydrogen-bond acceptors (Lipinski definition) is 4. The lowest BCUT2D eigenvalue weighted by atomic mass is 9.92. The van der Waals surface area contributed by atoms with E-state index in [9.17, 15) is 9.59 Å². The molecular formula is C14H12O4. The molecule has 2 aromatic rings. The summed E-state index contributed by atoms with van der Waals surface area (Å²) in [6.07, 6.45) is 0.349. The van der Waals surface area contributed by atoms with Crippen molar-refractivity contribution in [2.75, 3.05) is 0 Å². The van der Waals surface area contributed by atoms with Gasteiger partial charge in [-0.3, -0.25) is 4.79 Å². The summed E-state index contributed by atoms with van der Waals surface area (Å²) < 4.78 is 10.9. The maximum Gasteiger partial charge on any atom is 0.336 e. The Labute approximate surface area is 103 Å². The number of ketones is 1. The Morgan fingerprint density at radius 3 is 2.67 bits per heavy atom. The quantitative estimate of drug-likeness (QED) is 0.668. The van der Waals surface area contributed by atoms with Crippen LogP contribution in [0.4, 0.5) is 0 Å². The Bertz CT molecular complexity index is 709. The lowest BCUT2D eigenvalue weighted by molar-refractivity contribution is 0.0629. The van der Waals surface area contributed by atoms with Gasteiger partial charge in [0.1, 0.15) is 16.9 Å². The van der Waals surface area contributed by atoms with Gasteiger partial charge in [0.25, 0.3) is 0 Å². The molecule has 1 aliphatic heterocycles. The van der Waals surface area contributed by atoms with Gasteiger partial charge in [0.2, 0.25) is 0 Å². The number of carbonyl (C=O) groups is 1. The molecular weight excluding hydrogens is 232 g/mol. The van der Waals surface area contributed by atoms with E-state index in [-0.39, 0.29) is 5.78 Å². The highest BCUT2D eigenvalue weighted by atomic mass is 16.5. The van der Waals surface area contributed by atoms with Crippen LogP contribution in [-0.4, -0.2) is 11.4 Å². The van der Waals surface area contributed by atoms with Gasteiger partial charge in [-0.2, -0.15) is 0 Å². The fourth-order valence-electron chi connectivity index (χ4n) is 2.25. The van der Waals surface area contributed by atoms with E-state index in [2.05, 4.69) is 0 Å². The van der Waals surface area contributed by atoms with Crippen molar-refractivity contribution in [3.8, 4) is 5.75 Å². The van der Waals surface area contributed by atoms with Crippen molar-refractivity contribution in [3.05, 3.63) is 40.2 Å². The Morgan fingerprint density at radius 2 is 1.89 bits per heavy atom. The summed E-state index contributed by atoms with van der Waals surface area (Å²) in [6.45, 7) is 3.73. The molecule has 3 rings (SSSR count). The van der Waals surface area contributed by atoms with Gasteiger partial charge in [-0.25, -0.2) is 4.79 Å². The van der Waals surface area contributed by atoms with E-state index in [0.29, 0.717) is 28.7 Å². The molecule has 4 nitrogen and oxygen atoms in total. The average molecular weight is 244 g/mol. The van der Waals surface area contributed by atoms with Crippen LogP contribution < -0.4 is 10.4 Å². The molecule has 0 unspecified atom stereocenters. The summed E-state index contributed by atoms with van der Waals surface area (Å²) in [5.41, 5.74) is 0.0420. The number of Topliss-reactive ketones (excluding diaryl/α,β-unsaturated/α-hetero) is 1. The third kappa shape index (κ3) is 1.61. The van der Waals surface area contributed by atoms with Crippen LogP contribution in [-0.2, 0) is 0 Å². The van der Waals surface area contributed by atoms with Crippen LogP contribution in [0.1, 0.15) is 30.6 Å². The number of hydrogen-bond donors (Lipinski definition) is 0. The van der Waals surface area contributed by atoms with Gasteiger partial charge in [-0.1, -0.05) is 0 Å². The minimum atomic E-state index is -0.533. The molecule has 0 saturated carbocycles. The van der Waals surface area contributed by atoms with E-state index >= 15 is 0 Å². The molecule has 0 amide bonds. The number of fused-ring (bicyclic) bond motifs is 3. The first-order chi connectivity index (χ1) is 8.46. The number of ether oxygens (including phenoxy) is 1. The summed E-state index contributed by atoms with van der Waals surface area (Å²) in [4.78, 5) is 23.2. The molecule has 0 aliphatic carbocycles. The molecule has 0 atom stereocenters. The normalized spacial score (nSPS) is 17.3. The highest BCUT2D eigenvalue weighted by Gasteiger charge is 2.33. The van der Waals surface area contributed by atoms with Crippen molar-refractivity contribution < 1.29 is 13.9 Å². The molecule has 2 heterocycles. The lowest BCUT2D eigenvalue weighted by Crippen LogP contribution is -2.36. The predicted octanol–water partition coefficient (Wildman–Crippen LogP) is 2.54. The van der Waals surface area contributed by atoms with Crippen molar-refractivity contribution >= 4 is 16.8 Å². The molecule has 0 radical (unpaired) electrons. The summed E-state index contributed by atoms with van der Waals surface area (Å²) in [7, 11) is 0. The lowest BCUT2D eigenvalue weighted by Gasteiger charge is -2.32. The molecule has 0 saturated heterocycles. The zero-order valence-electron chi connectivity index (χ0n) is 10.1. The zero-order valence-corrected chi connectivity index (χ0v) is 10.1. The van der Waals surface area contributed by atoms with Crippen molar-refractivity contribution in [2.45, 2.75) is 25.9 Å². The summed E-state index contributed by atoms with van der Waals surface area (Å²) in [6, 6.07) is 6.25. The first-order valence-corrected chi connectivity index (χ1v) is 5.75. The van der Waals surface area contributed by atoms with Crippen LogP contribution >= 0.6 is 0 Å². The summed E-state index contributed by atoms with van der Waals surface area (Å²) in [5, 5.41) is 0.660. The molecule has 1 aromatic carbocycles. The van der Waals surface area contributed by atoms with Gasteiger partial charge in [-0.05, 0) is 32.0 Å². The molecule has 0 fully saturated rings. The van der Waals surface area contributed by atoms with Crippen LogP contribution in [0.2, 0.25) is 0 Å². The first-order valence-electron chi connectivity index (χ1n) is 5.75. The van der Waals surface area contributed by atoms with E-state index in [1.807, 2.05) is 13.8 Å². The zero-order chi connectivity index (χ0) is 12.9. The largest absolute Gasteiger partial charge is 0.486 e. The summed E-state index contributed by atoms with van der Waals surface area (Å²) in [5.74, 6) is 0.562. The number of benzene rings is 1. The van der Waals surface area contributed by atoms with Gasteiger partial charge in [0.05, 0.1) is 17.4 Å². The smallest absolute Gasteiger partial charge is 0.336 e. The Hall–Kier alpha value is -2.10. The Kier molecular flexibility index (Phi) is 2.11. The highest BCUT2D eigenvalue weighted by Crippen LogP contribution is 2.38. The van der Waals surface area contributed by atoms with Crippen LogP contribution in [0.5, 0.6) is 5.75 Å². The Balaban J connectivity index is 2.34.